The number of amidine groups is 1. The predicted molar refractivity (Wildman–Crippen MR) is 102 cm³/mol. The molecule has 0 aromatic heterocycles. The molecule has 7 heteroatoms. The quantitative estimate of drug-likeness (QED) is 0.622. The van der Waals surface area contributed by atoms with E-state index in [2.05, 4.69) is 16.7 Å². The molecule has 2 aliphatic rings. The van der Waals surface area contributed by atoms with Gasteiger partial charge in [-0.3, -0.25) is 15.1 Å². The number of nitrogens with two attached hydrogens (primary N) is 1. The van der Waals surface area contributed by atoms with E-state index in [0.29, 0.717) is 12.0 Å². The number of hydroxylamine groups is 2. The molecular weight excluding hydrogens is 330 g/mol. The van der Waals surface area contributed by atoms with Crippen LogP contribution in [-0.2, 0) is 9.63 Å². The molecule has 142 valence electrons. The van der Waals surface area contributed by atoms with Gasteiger partial charge >= 0.3 is 5.97 Å². The molecule has 2 fully saturated rings. The summed E-state index contributed by atoms with van der Waals surface area (Å²) in [7, 11) is 0. The van der Waals surface area contributed by atoms with Crippen molar-refractivity contribution in [2.75, 3.05) is 44.2 Å². The van der Waals surface area contributed by atoms with Crippen LogP contribution in [0.1, 0.15) is 25.8 Å². The zero-order chi connectivity index (χ0) is 18.7. The molecule has 3 N–H and O–H groups in total. The van der Waals surface area contributed by atoms with Crippen LogP contribution in [0.15, 0.2) is 24.3 Å². The third-order valence-corrected chi connectivity index (χ3v) is 5.41. The lowest BCUT2D eigenvalue weighted by atomic mass is 9.93. The highest BCUT2D eigenvalue weighted by atomic mass is 16.7. The number of anilines is 1. The molecule has 7 nitrogen and oxygen atoms in total. The lowest BCUT2D eigenvalue weighted by Gasteiger charge is -2.45. The minimum atomic E-state index is -0.236. The molecule has 2 unspecified atom stereocenters. The number of hydrogen-bond acceptors (Lipinski definition) is 6. The fourth-order valence-corrected chi connectivity index (χ4v) is 4.07. The Labute approximate surface area is 155 Å². The number of benzene rings is 1. The Hall–Kier alpha value is -2.12. The number of piperazine rings is 1. The first kappa shape index (κ1) is 18.7. The van der Waals surface area contributed by atoms with Crippen LogP contribution >= 0.6 is 0 Å². The van der Waals surface area contributed by atoms with E-state index >= 15 is 0 Å². The smallest absolute Gasteiger partial charge is 0.322 e. The lowest BCUT2D eigenvalue weighted by Crippen LogP contribution is -2.56. The van der Waals surface area contributed by atoms with Crippen molar-refractivity contribution in [3.63, 3.8) is 0 Å². The maximum Gasteiger partial charge on any atom is 0.322 e. The van der Waals surface area contributed by atoms with E-state index in [1.165, 1.54) is 12.6 Å². The maximum atomic E-state index is 11.1. The molecule has 1 aromatic rings. The van der Waals surface area contributed by atoms with Crippen LogP contribution in [0.2, 0.25) is 0 Å². The van der Waals surface area contributed by atoms with Gasteiger partial charge in [0.15, 0.2) is 0 Å². The zero-order valence-corrected chi connectivity index (χ0v) is 15.6. The molecule has 0 bridgehead atoms. The Kier molecular flexibility index (Phi) is 5.78. The SMILES string of the molecule is CC(=O)ON1CCC(N2CCN(c3ccc(C(=N)N)cc3)CC2)C(C)C1. The van der Waals surface area contributed by atoms with E-state index in [0.717, 1.165) is 51.3 Å². The summed E-state index contributed by atoms with van der Waals surface area (Å²) in [5.74, 6) is 0.347. The van der Waals surface area contributed by atoms with Crippen molar-refractivity contribution in [2.45, 2.75) is 26.3 Å². The Morgan fingerprint density at radius 2 is 1.81 bits per heavy atom. The Morgan fingerprint density at radius 1 is 1.15 bits per heavy atom. The third-order valence-electron chi connectivity index (χ3n) is 5.41. The van der Waals surface area contributed by atoms with Gasteiger partial charge in [0, 0.05) is 63.5 Å². The molecule has 0 amide bonds. The first-order valence-corrected chi connectivity index (χ1v) is 9.31. The summed E-state index contributed by atoms with van der Waals surface area (Å²) in [6.07, 6.45) is 1.03. The van der Waals surface area contributed by atoms with Gasteiger partial charge in [0.2, 0.25) is 0 Å². The van der Waals surface area contributed by atoms with Gasteiger partial charge in [-0.2, -0.15) is 0 Å². The van der Waals surface area contributed by atoms with Crippen LogP contribution in [0.25, 0.3) is 0 Å². The maximum absolute atomic E-state index is 11.1. The van der Waals surface area contributed by atoms with Gasteiger partial charge in [-0.15, -0.1) is 5.06 Å². The monoisotopic (exact) mass is 359 g/mol. The van der Waals surface area contributed by atoms with Crippen molar-refractivity contribution >= 4 is 17.5 Å². The number of nitrogens with zero attached hydrogens (tertiary/aromatic N) is 3. The van der Waals surface area contributed by atoms with Crippen LogP contribution in [0.4, 0.5) is 5.69 Å². The van der Waals surface area contributed by atoms with Gasteiger partial charge in [-0.1, -0.05) is 6.92 Å². The van der Waals surface area contributed by atoms with Crippen LogP contribution in [0.3, 0.4) is 0 Å². The molecule has 26 heavy (non-hydrogen) atoms. The second kappa shape index (κ2) is 8.05. The number of piperidine rings is 1. The standard InChI is InChI=1S/C19H29N5O2/c1-14-13-24(26-15(2)25)8-7-18(14)23-11-9-22(10-12-23)17-5-3-16(4-6-17)19(20)21/h3-6,14,18H,7-13H2,1-2H3,(H3,20,21). The summed E-state index contributed by atoms with van der Waals surface area (Å²) in [6.45, 7) is 9.38. The predicted octanol–water partition coefficient (Wildman–Crippen LogP) is 1.28. The van der Waals surface area contributed by atoms with Crippen molar-refractivity contribution in [1.29, 1.82) is 5.41 Å². The first-order valence-electron chi connectivity index (χ1n) is 9.31. The summed E-state index contributed by atoms with van der Waals surface area (Å²) in [5, 5.41) is 9.29. The van der Waals surface area contributed by atoms with Gasteiger partial charge < -0.3 is 15.5 Å². The summed E-state index contributed by atoms with van der Waals surface area (Å²) in [5.41, 5.74) is 7.48. The fourth-order valence-electron chi connectivity index (χ4n) is 4.07. The summed E-state index contributed by atoms with van der Waals surface area (Å²) >= 11 is 0. The summed E-state index contributed by atoms with van der Waals surface area (Å²) in [6, 6.07) is 8.47. The molecule has 1 aromatic carbocycles. The average Bonchev–Trinajstić information content (AvgIpc) is 2.62. The Bertz CT molecular complexity index is 640. The van der Waals surface area contributed by atoms with Gasteiger partial charge in [-0.25, -0.2) is 0 Å². The average molecular weight is 359 g/mol. The van der Waals surface area contributed by atoms with Crippen LogP contribution < -0.4 is 10.6 Å². The van der Waals surface area contributed by atoms with Gasteiger partial charge in [-0.05, 0) is 36.6 Å². The van der Waals surface area contributed by atoms with Crippen molar-refractivity contribution in [3.05, 3.63) is 29.8 Å². The Balaban J connectivity index is 1.52. The highest BCUT2D eigenvalue weighted by Gasteiger charge is 2.33. The van der Waals surface area contributed by atoms with Crippen molar-refractivity contribution in [1.82, 2.24) is 9.96 Å². The molecule has 2 saturated heterocycles. The Morgan fingerprint density at radius 3 is 2.35 bits per heavy atom. The molecular formula is C19H29N5O2. The summed E-state index contributed by atoms with van der Waals surface area (Å²) in [4.78, 5) is 21.3. The number of hydrogen-bond donors (Lipinski definition) is 2. The second-order valence-electron chi connectivity index (χ2n) is 7.29. The molecule has 0 spiro atoms. The molecule has 3 rings (SSSR count). The topological polar surface area (TPSA) is 85.9 Å². The third kappa shape index (κ3) is 4.34. The van der Waals surface area contributed by atoms with E-state index in [1.54, 1.807) is 5.06 Å². The van der Waals surface area contributed by atoms with Gasteiger partial charge in [0.25, 0.3) is 0 Å². The molecule has 0 radical (unpaired) electrons. The highest BCUT2D eigenvalue weighted by Crippen LogP contribution is 2.25. The zero-order valence-electron chi connectivity index (χ0n) is 15.6. The van der Waals surface area contributed by atoms with Crippen molar-refractivity contribution in [2.24, 2.45) is 11.7 Å². The fraction of sp³-hybridized carbons (Fsp3) is 0.579. The molecule has 0 saturated carbocycles. The van der Waals surface area contributed by atoms with E-state index in [-0.39, 0.29) is 11.8 Å². The number of carbonyl (C=O) groups is 1. The molecule has 0 aliphatic carbocycles. The molecule has 2 atom stereocenters. The van der Waals surface area contributed by atoms with E-state index in [1.807, 2.05) is 24.3 Å². The van der Waals surface area contributed by atoms with Gasteiger partial charge in [0.05, 0.1) is 0 Å². The van der Waals surface area contributed by atoms with E-state index < -0.39 is 0 Å². The minimum Gasteiger partial charge on any atom is -0.384 e. The minimum absolute atomic E-state index is 0.107. The summed E-state index contributed by atoms with van der Waals surface area (Å²) < 4.78 is 0. The van der Waals surface area contributed by atoms with Crippen LogP contribution in [0.5, 0.6) is 0 Å². The number of nitrogen functional groups attached to an aromatic ring is 1. The second-order valence-corrected chi connectivity index (χ2v) is 7.29. The van der Waals surface area contributed by atoms with Crippen molar-refractivity contribution < 1.29 is 9.63 Å². The lowest BCUT2D eigenvalue weighted by molar-refractivity contribution is -0.199. The van der Waals surface area contributed by atoms with Gasteiger partial charge in [0.1, 0.15) is 5.84 Å². The largest absolute Gasteiger partial charge is 0.384 e. The molecule has 2 aliphatic heterocycles. The van der Waals surface area contributed by atoms with Crippen LogP contribution in [-0.4, -0.2) is 67.1 Å². The van der Waals surface area contributed by atoms with Crippen LogP contribution in [0, 0.1) is 11.3 Å². The van der Waals surface area contributed by atoms with Crippen molar-refractivity contribution in [3.8, 4) is 0 Å². The first-order chi connectivity index (χ1) is 12.4. The normalized spacial score (nSPS) is 25.1. The molecule has 2 heterocycles. The van der Waals surface area contributed by atoms with E-state index in [9.17, 15) is 4.79 Å². The number of nitrogens with one attached hydrogen (secondary N) is 1. The van der Waals surface area contributed by atoms with E-state index in [4.69, 9.17) is 16.0 Å². The highest BCUT2D eigenvalue weighted by molar-refractivity contribution is 5.95. The number of carbonyl (C=O) groups excluding carboxylic acids is 1. The number of rotatable bonds is 4.